The van der Waals surface area contributed by atoms with Crippen LogP contribution in [-0.2, 0) is 13.0 Å². The topological polar surface area (TPSA) is 74.8 Å². The van der Waals surface area contributed by atoms with Crippen LogP contribution in [0, 0.1) is 0 Å². The van der Waals surface area contributed by atoms with Crippen LogP contribution in [0.2, 0.25) is 0 Å². The van der Waals surface area contributed by atoms with Crippen LogP contribution in [-0.4, -0.2) is 38.1 Å². The first kappa shape index (κ1) is 22.0. The van der Waals surface area contributed by atoms with Gasteiger partial charge in [-0.3, -0.25) is 9.79 Å². The number of benzene rings is 2. The number of fused-ring (bicyclic) bond motifs is 1. The molecule has 1 atom stereocenters. The number of nitrogens with zero attached hydrogens (tertiary/aromatic N) is 1. The van der Waals surface area contributed by atoms with Crippen molar-refractivity contribution in [3.63, 3.8) is 0 Å². The van der Waals surface area contributed by atoms with Crippen molar-refractivity contribution < 1.29 is 9.53 Å². The summed E-state index contributed by atoms with van der Waals surface area (Å²) in [6, 6.07) is 15.7. The van der Waals surface area contributed by atoms with Gasteiger partial charge in [-0.15, -0.1) is 24.0 Å². The van der Waals surface area contributed by atoms with Crippen LogP contribution in [0.1, 0.15) is 28.4 Å². The minimum Gasteiger partial charge on any atom is -0.488 e. The van der Waals surface area contributed by atoms with Gasteiger partial charge in [0.1, 0.15) is 11.9 Å². The zero-order valence-corrected chi connectivity index (χ0v) is 18.5. The number of carbonyl (C=O) groups excluding carboxylic acids is 1. The van der Waals surface area contributed by atoms with Gasteiger partial charge in [0.25, 0.3) is 5.91 Å². The highest BCUT2D eigenvalue weighted by molar-refractivity contribution is 14.0. The van der Waals surface area contributed by atoms with Crippen LogP contribution in [0.3, 0.4) is 0 Å². The summed E-state index contributed by atoms with van der Waals surface area (Å²) >= 11 is 0. The van der Waals surface area contributed by atoms with E-state index in [0.29, 0.717) is 25.2 Å². The maximum atomic E-state index is 11.8. The third-order valence-corrected chi connectivity index (χ3v) is 4.45. The lowest BCUT2D eigenvalue weighted by molar-refractivity contribution is 0.0956. The van der Waals surface area contributed by atoms with Crippen molar-refractivity contribution in [1.82, 2.24) is 16.0 Å². The molecule has 3 rings (SSSR count). The first-order valence-corrected chi connectivity index (χ1v) is 9.25. The molecule has 1 heterocycles. The second kappa shape index (κ2) is 10.9. The van der Waals surface area contributed by atoms with Gasteiger partial charge in [-0.1, -0.05) is 30.3 Å². The first-order valence-electron chi connectivity index (χ1n) is 9.25. The van der Waals surface area contributed by atoms with Gasteiger partial charge < -0.3 is 20.7 Å². The maximum absolute atomic E-state index is 11.8. The number of carbonyl (C=O) groups is 1. The second-order valence-corrected chi connectivity index (χ2v) is 6.41. The Morgan fingerprint density at radius 3 is 2.54 bits per heavy atom. The van der Waals surface area contributed by atoms with Gasteiger partial charge >= 0.3 is 0 Å². The number of hydrogen-bond donors (Lipinski definition) is 3. The van der Waals surface area contributed by atoms with Crippen LogP contribution in [0.25, 0.3) is 0 Å². The van der Waals surface area contributed by atoms with Crippen LogP contribution >= 0.6 is 24.0 Å². The molecule has 0 bridgehead atoms. The molecule has 1 aliphatic heterocycles. The lowest BCUT2D eigenvalue weighted by Crippen LogP contribution is -2.41. The fourth-order valence-corrected chi connectivity index (χ4v) is 3.02. The molecule has 0 saturated heterocycles. The molecule has 3 N–H and O–H groups in total. The summed E-state index contributed by atoms with van der Waals surface area (Å²) < 4.78 is 5.94. The molecule has 1 amide bonds. The summed E-state index contributed by atoms with van der Waals surface area (Å²) in [5, 5.41) is 9.40. The SMILES string of the molecule is CCNC(=O)c1ccc(CNC(=NC)NCC2Cc3ccccc3O2)cc1.I. The normalized spacial score (nSPS) is 15.1. The second-order valence-electron chi connectivity index (χ2n) is 6.41. The lowest BCUT2D eigenvalue weighted by Gasteiger charge is -2.15. The zero-order chi connectivity index (χ0) is 19.1. The standard InChI is InChI=1S/C21H26N4O2.HI/c1-3-23-20(26)16-10-8-15(9-11-16)13-24-21(22-2)25-14-18-12-17-6-4-5-7-19(17)27-18;/h4-11,18H,3,12-14H2,1-2H3,(H,23,26)(H2,22,24,25);1H. The van der Waals surface area contributed by atoms with E-state index in [4.69, 9.17) is 4.74 Å². The largest absolute Gasteiger partial charge is 0.488 e. The van der Waals surface area contributed by atoms with Crippen LogP contribution in [0.15, 0.2) is 53.5 Å². The summed E-state index contributed by atoms with van der Waals surface area (Å²) in [4.78, 5) is 16.1. The van der Waals surface area contributed by atoms with E-state index in [9.17, 15) is 4.79 Å². The summed E-state index contributed by atoms with van der Waals surface area (Å²) in [7, 11) is 1.75. The monoisotopic (exact) mass is 494 g/mol. The van der Waals surface area contributed by atoms with Gasteiger partial charge in [0.2, 0.25) is 0 Å². The van der Waals surface area contributed by atoms with E-state index in [1.807, 2.05) is 49.4 Å². The summed E-state index contributed by atoms with van der Waals surface area (Å²) in [5.74, 6) is 1.65. The van der Waals surface area contributed by atoms with E-state index < -0.39 is 0 Å². The van der Waals surface area contributed by atoms with Gasteiger partial charge in [-0.25, -0.2) is 0 Å². The minimum atomic E-state index is -0.0490. The number of hydrogen-bond acceptors (Lipinski definition) is 3. The predicted molar refractivity (Wildman–Crippen MR) is 123 cm³/mol. The minimum absolute atomic E-state index is 0. The molecule has 0 aliphatic carbocycles. The van der Waals surface area contributed by atoms with Crippen molar-refractivity contribution in [3.8, 4) is 5.75 Å². The van der Waals surface area contributed by atoms with Gasteiger partial charge in [0.05, 0.1) is 6.54 Å². The Hall–Kier alpha value is -2.29. The highest BCUT2D eigenvalue weighted by atomic mass is 127. The Kier molecular flexibility index (Phi) is 8.56. The number of rotatable bonds is 6. The molecule has 2 aromatic rings. The number of guanidine groups is 1. The van der Waals surface area contributed by atoms with Gasteiger partial charge in [0.15, 0.2) is 5.96 Å². The average Bonchev–Trinajstić information content (AvgIpc) is 3.11. The van der Waals surface area contributed by atoms with E-state index in [0.717, 1.165) is 23.7 Å². The van der Waals surface area contributed by atoms with Gasteiger partial charge in [-0.05, 0) is 36.2 Å². The summed E-state index contributed by atoms with van der Waals surface area (Å²) in [6.45, 7) is 3.84. The Labute approximate surface area is 183 Å². The van der Waals surface area contributed by atoms with E-state index >= 15 is 0 Å². The fourth-order valence-electron chi connectivity index (χ4n) is 3.02. The van der Waals surface area contributed by atoms with Crippen LogP contribution < -0.4 is 20.7 Å². The molecular weight excluding hydrogens is 467 g/mol. The number of halogens is 1. The quantitative estimate of drug-likeness (QED) is 0.328. The summed E-state index contributed by atoms with van der Waals surface area (Å²) in [6.07, 6.45) is 1.01. The smallest absolute Gasteiger partial charge is 0.251 e. The van der Waals surface area contributed by atoms with Gasteiger partial charge in [-0.2, -0.15) is 0 Å². The molecular formula is C21H27IN4O2. The molecule has 0 aromatic heterocycles. The van der Waals surface area contributed by atoms with Crippen molar-refractivity contribution in [2.75, 3.05) is 20.1 Å². The third-order valence-electron chi connectivity index (χ3n) is 4.45. The average molecular weight is 494 g/mol. The number of amides is 1. The van der Waals surface area contributed by atoms with Crippen LogP contribution in [0.4, 0.5) is 0 Å². The Balaban J connectivity index is 0.00000280. The van der Waals surface area contributed by atoms with Gasteiger partial charge in [0, 0.05) is 32.1 Å². The third kappa shape index (κ3) is 5.85. The Bertz CT molecular complexity index is 783. The van der Waals surface area contributed by atoms with Crippen LogP contribution in [0.5, 0.6) is 5.75 Å². The molecule has 28 heavy (non-hydrogen) atoms. The first-order chi connectivity index (χ1) is 13.2. The molecule has 1 aliphatic rings. The fraction of sp³-hybridized carbons (Fsp3) is 0.333. The van der Waals surface area contributed by atoms with E-state index in [-0.39, 0.29) is 36.0 Å². The highest BCUT2D eigenvalue weighted by Gasteiger charge is 2.22. The van der Waals surface area contributed by atoms with E-state index in [1.54, 1.807) is 7.05 Å². The molecule has 6 nitrogen and oxygen atoms in total. The number of nitrogens with one attached hydrogen (secondary N) is 3. The molecule has 0 fully saturated rings. The number of ether oxygens (including phenoxy) is 1. The molecule has 1 unspecified atom stereocenters. The predicted octanol–water partition coefficient (Wildman–Crippen LogP) is 2.72. The van der Waals surface area contributed by atoms with Crippen molar-refractivity contribution >= 4 is 35.8 Å². The lowest BCUT2D eigenvalue weighted by atomic mass is 10.1. The maximum Gasteiger partial charge on any atom is 0.251 e. The van der Waals surface area contributed by atoms with Crippen molar-refractivity contribution in [2.45, 2.75) is 26.0 Å². The highest BCUT2D eigenvalue weighted by Crippen LogP contribution is 2.27. The molecule has 2 aromatic carbocycles. The molecule has 150 valence electrons. The van der Waals surface area contributed by atoms with Crippen molar-refractivity contribution in [2.24, 2.45) is 4.99 Å². The Morgan fingerprint density at radius 1 is 1.11 bits per heavy atom. The molecule has 0 saturated carbocycles. The molecule has 0 radical (unpaired) electrons. The Morgan fingerprint density at radius 2 is 1.86 bits per heavy atom. The number of para-hydroxylation sites is 1. The zero-order valence-electron chi connectivity index (χ0n) is 16.2. The van der Waals surface area contributed by atoms with E-state index in [2.05, 4.69) is 27.0 Å². The number of aliphatic imine (C=N–C) groups is 1. The molecule has 7 heteroatoms. The van der Waals surface area contributed by atoms with Crippen molar-refractivity contribution in [1.29, 1.82) is 0 Å². The molecule has 0 spiro atoms. The van der Waals surface area contributed by atoms with Crippen molar-refractivity contribution in [3.05, 3.63) is 65.2 Å². The van der Waals surface area contributed by atoms with E-state index in [1.165, 1.54) is 5.56 Å². The summed E-state index contributed by atoms with van der Waals surface area (Å²) in [5.41, 5.74) is 3.00.